The minimum absolute atomic E-state index is 0.399. The van der Waals surface area contributed by atoms with Crippen LogP contribution < -0.4 is 5.32 Å². The fraction of sp³-hybridized carbons (Fsp3) is 0.833. The maximum atomic E-state index is 5.95. The molecule has 0 radical (unpaired) electrons. The average molecular weight is 255 g/mol. The molecule has 1 aliphatic carbocycles. The minimum atomic E-state index is 0.399. The van der Waals surface area contributed by atoms with Crippen LogP contribution in [0.5, 0.6) is 0 Å². The summed E-state index contributed by atoms with van der Waals surface area (Å²) < 4.78 is 5.95. The Hall–Kier alpha value is -0.680. The molecule has 0 aromatic carbocycles. The number of aromatic nitrogens is 2. The van der Waals surface area contributed by atoms with Gasteiger partial charge >= 0.3 is 0 Å². The van der Waals surface area contributed by atoms with Crippen molar-refractivity contribution in [1.29, 1.82) is 0 Å². The lowest BCUT2D eigenvalue weighted by Gasteiger charge is -2.31. The van der Waals surface area contributed by atoms with Gasteiger partial charge in [-0.2, -0.15) is 0 Å². The molecule has 0 saturated heterocycles. The minimum Gasteiger partial charge on any atom is -0.371 e. The molecular weight excluding hydrogens is 234 g/mol. The van der Waals surface area contributed by atoms with Crippen LogP contribution in [0.2, 0.25) is 0 Å². The summed E-state index contributed by atoms with van der Waals surface area (Å²) in [7, 11) is 1.86. The summed E-state index contributed by atoms with van der Waals surface area (Å²) >= 11 is 1.56. The zero-order valence-electron chi connectivity index (χ0n) is 10.8. The summed E-state index contributed by atoms with van der Waals surface area (Å²) in [5.41, 5.74) is 0. The summed E-state index contributed by atoms with van der Waals surface area (Å²) in [6.07, 6.45) is 4.10. The average Bonchev–Trinajstić information content (AvgIpc) is 2.73. The van der Waals surface area contributed by atoms with Crippen molar-refractivity contribution in [2.75, 3.05) is 12.4 Å². The van der Waals surface area contributed by atoms with Crippen molar-refractivity contribution in [1.82, 2.24) is 10.2 Å². The Bertz CT molecular complexity index is 345. The molecule has 1 heterocycles. The highest BCUT2D eigenvalue weighted by Gasteiger charge is 2.24. The molecule has 2 atom stereocenters. The molecule has 0 amide bonds. The molecular formula is C12H21N3OS. The number of hydrogen-bond acceptors (Lipinski definition) is 5. The summed E-state index contributed by atoms with van der Waals surface area (Å²) in [6, 6.07) is 0. The van der Waals surface area contributed by atoms with Crippen molar-refractivity contribution in [3.05, 3.63) is 5.01 Å². The van der Waals surface area contributed by atoms with E-state index in [1.54, 1.807) is 11.3 Å². The molecule has 1 fully saturated rings. The van der Waals surface area contributed by atoms with Crippen LogP contribution in [0.4, 0.5) is 5.13 Å². The van der Waals surface area contributed by atoms with Crippen molar-refractivity contribution in [2.24, 2.45) is 11.8 Å². The predicted octanol–water partition coefficient (Wildman–Crippen LogP) is 2.92. The molecule has 4 nitrogen and oxygen atoms in total. The van der Waals surface area contributed by atoms with Crippen LogP contribution in [0, 0.1) is 11.8 Å². The van der Waals surface area contributed by atoms with E-state index >= 15 is 0 Å². The van der Waals surface area contributed by atoms with Crippen molar-refractivity contribution in [2.45, 2.75) is 45.8 Å². The highest BCUT2D eigenvalue weighted by atomic mass is 32.1. The van der Waals surface area contributed by atoms with Gasteiger partial charge in [0.05, 0.1) is 6.10 Å². The number of ether oxygens (including phenoxy) is 1. The second-order valence-corrected chi connectivity index (χ2v) is 6.16. The van der Waals surface area contributed by atoms with Gasteiger partial charge in [0.15, 0.2) is 0 Å². The maximum absolute atomic E-state index is 5.95. The molecule has 1 aromatic heterocycles. The van der Waals surface area contributed by atoms with Crippen LogP contribution in [-0.4, -0.2) is 23.3 Å². The fourth-order valence-corrected chi connectivity index (χ4v) is 3.23. The van der Waals surface area contributed by atoms with Crippen molar-refractivity contribution in [3.63, 3.8) is 0 Å². The van der Waals surface area contributed by atoms with Crippen LogP contribution in [0.3, 0.4) is 0 Å². The maximum Gasteiger partial charge on any atom is 0.205 e. The summed E-state index contributed by atoms with van der Waals surface area (Å²) in [6.45, 7) is 5.23. The summed E-state index contributed by atoms with van der Waals surface area (Å²) in [5.74, 6) is 1.57. The van der Waals surface area contributed by atoms with Crippen molar-refractivity contribution in [3.8, 4) is 0 Å². The summed E-state index contributed by atoms with van der Waals surface area (Å²) in [4.78, 5) is 0. The normalized spacial score (nSPS) is 29.2. The number of rotatable bonds is 4. The third-order valence-corrected chi connectivity index (χ3v) is 4.17. The van der Waals surface area contributed by atoms with Gasteiger partial charge in [-0.05, 0) is 31.1 Å². The molecule has 5 heteroatoms. The fourth-order valence-electron chi connectivity index (χ4n) is 2.61. The molecule has 1 aromatic rings. The van der Waals surface area contributed by atoms with E-state index in [0.717, 1.165) is 22.0 Å². The van der Waals surface area contributed by atoms with Crippen LogP contribution in [-0.2, 0) is 11.3 Å². The van der Waals surface area contributed by atoms with Gasteiger partial charge in [-0.3, -0.25) is 0 Å². The molecule has 2 rings (SSSR count). The molecule has 2 unspecified atom stereocenters. The Morgan fingerprint density at radius 2 is 1.94 bits per heavy atom. The Kier molecular flexibility index (Phi) is 4.34. The molecule has 17 heavy (non-hydrogen) atoms. The highest BCUT2D eigenvalue weighted by molar-refractivity contribution is 7.15. The topological polar surface area (TPSA) is 47.0 Å². The first-order chi connectivity index (χ1) is 8.17. The first-order valence-electron chi connectivity index (χ1n) is 6.29. The molecule has 96 valence electrons. The largest absolute Gasteiger partial charge is 0.371 e. The van der Waals surface area contributed by atoms with Gasteiger partial charge in [0, 0.05) is 7.05 Å². The van der Waals surface area contributed by atoms with Gasteiger partial charge < -0.3 is 10.1 Å². The number of nitrogens with zero attached hydrogens (tertiary/aromatic N) is 2. The summed E-state index contributed by atoms with van der Waals surface area (Å²) in [5, 5.41) is 12.9. The number of nitrogens with one attached hydrogen (secondary N) is 1. The van der Waals surface area contributed by atoms with Crippen LogP contribution in [0.15, 0.2) is 0 Å². The van der Waals surface area contributed by atoms with E-state index < -0.39 is 0 Å². The first-order valence-corrected chi connectivity index (χ1v) is 7.10. The van der Waals surface area contributed by atoms with E-state index in [1.165, 1.54) is 19.3 Å². The highest BCUT2D eigenvalue weighted by Crippen LogP contribution is 2.31. The number of hydrogen-bond donors (Lipinski definition) is 1. The number of anilines is 1. The second-order valence-electron chi connectivity index (χ2n) is 5.10. The zero-order chi connectivity index (χ0) is 12.3. The molecule has 1 N–H and O–H groups in total. The van der Waals surface area contributed by atoms with Gasteiger partial charge in [0.2, 0.25) is 5.13 Å². The Balaban J connectivity index is 1.81. The van der Waals surface area contributed by atoms with Crippen LogP contribution >= 0.6 is 11.3 Å². The third kappa shape index (κ3) is 3.64. The van der Waals surface area contributed by atoms with Gasteiger partial charge in [-0.1, -0.05) is 25.2 Å². The van der Waals surface area contributed by atoms with Gasteiger partial charge in [0.1, 0.15) is 11.6 Å². The molecule has 1 aliphatic rings. The Morgan fingerprint density at radius 1 is 1.24 bits per heavy atom. The van der Waals surface area contributed by atoms with Gasteiger partial charge in [-0.15, -0.1) is 10.2 Å². The van der Waals surface area contributed by atoms with Crippen LogP contribution in [0.25, 0.3) is 0 Å². The Morgan fingerprint density at radius 3 is 2.53 bits per heavy atom. The third-order valence-electron chi connectivity index (χ3n) is 3.26. The molecule has 0 spiro atoms. The monoisotopic (exact) mass is 255 g/mol. The van der Waals surface area contributed by atoms with Crippen molar-refractivity contribution >= 4 is 16.5 Å². The zero-order valence-corrected chi connectivity index (χ0v) is 11.6. The van der Waals surface area contributed by atoms with E-state index in [1.807, 2.05) is 7.05 Å². The Labute approximate surface area is 107 Å². The first kappa shape index (κ1) is 12.8. The van der Waals surface area contributed by atoms with Gasteiger partial charge in [-0.25, -0.2) is 0 Å². The van der Waals surface area contributed by atoms with E-state index in [4.69, 9.17) is 4.74 Å². The smallest absolute Gasteiger partial charge is 0.205 e. The molecule has 0 aliphatic heterocycles. The SMILES string of the molecule is CNc1nnc(COC2CC(C)CC(C)C2)s1. The van der Waals surface area contributed by atoms with E-state index in [-0.39, 0.29) is 0 Å². The van der Waals surface area contributed by atoms with Gasteiger partial charge in [0.25, 0.3) is 0 Å². The molecule has 1 saturated carbocycles. The van der Waals surface area contributed by atoms with E-state index in [2.05, 4.69) is 29.4 Å². The predicted molar refractivity (Wildman–Crippen MR) is 70.2 cm³/mol. The quantitative estimate of drug-likeness (QED) is 0.898. The van der Waals surface area contributed by atoms with Crippen LogP contribution in [0.1, 0.15) is 38.1 Å². The molecule has 0 bridgehead atoms. The van der Waals surface area contributed by atoms with E-state index in [9.17, 15) is 0 Å². The standard InChI is InChI=1S/C12H21N3OS/c1-8-4-9(2)6-10(5-8)16-7-11-14-15-12(13-3)17-11/h8-10H,4-7H2,1-3H3,(H,13,15). The van der Waals surface area contributed by atoms with E-state index in [0.29, 0.717) is 12.7 Å². The lowest BCUT2D eigenvalue weighted by atomic mass is 9.82. The lowest BCUT2D eigenvalue weighted by molar-refractivity contribution is -0.00939. The van der Waals surface area contributed by atoms with Crippen molar-refractivity contribution < 1.29 is 4.74 Å². The lowest BCUT2D eigenvalue weighted by Crippen LogP contribution is -2.26. The second kappa shape index (κ2) is 5.78.